The molecule has 1 spiro atoms. The van der Waals surface area contributed by atoms with Gasteiger partial charge in [0.2, 0.25) is 17.7 Å². The predicted octanol–water partition coefficient (Wildman–Crippen LogP) is 1.28. The lowest BCUT2D eigenvalue weighted by Crippen LogP contribution is -2.59. The van der Waals surface area contributed by atoms with Gasteiger partial charge in [0.25, 0.3) is 5.91 Å². The zero-order chi connectivity index (χ0) is 36.8. The van der Waals surface area contributed by atoms with Gasteiger partial charge in [0, 0.05) is 26.4 Å². The fraction of sp³-hybridized carbons (Fsp3) is 0.556. The number of nitrogens with one attached hydrogen (secondary N) is 3. The van der Waals surface area contributed by atoms with Crippen LogP contribution < -0.4 is 20.7 Å². The lowest BCUT2D eigenvalue weighted by atomic mass is 9.73. The Hall–Kier alpha value is -4.01. The number of amides is 4. The average molecular weight is 714 g/mol. The molecule has 4 N–H and O–H groups in total. The summed E-state index contributed by atoms with van der Waals surface area (Å²) in [5, 5.41) is 18.8. The van der Waals surface area contributed by atoms with E-state index in [2.05, 4.69) is 20.9 Å². The predicted molar refractivity (Wildman–Crippen MR) is 188 cm³/mol. The molecule has 0 aromatic heterocycles. The number of ether oxygens (including phenoxy) is 1. The fourth-order valence-corrected chi connectivity index (χ4v) is 7.04. The summed E-state index contributed by atoms with van der Waals surface area (Å²) in [6.07, 6.45) is 2.07. The number of piperidine rings is 1. The Morgan fingerprint density at radius 3 is 2.22 bits per heavy atom. The van der Waals surface area contributed by atoms with E-state index in [9.17, 15) is 32.7 Å². The van der Waals surface area contributed by atoms with Gasteiger partial charge in [-0.2, -0.15) is 0 Å². The van der Waals surface area contributed by atoms with E-state index in [0.717, 1.165) is 42.0 Å². The van der Waals surface area contributed by atoms with Crippen molar-refractivity contribution >= 4 is 33.5 Å². The summed E-state index contributed by atoms with van der Waals surface area (Å²) in [5.74, 6) is -1.94. The highest BCUT2D eigenvalue weighted by molar-refractivity contribution is 7.90. The van der Waals surface area contributed by atoms with Gasteiger partial charge in [0.05, 0.1) is 11.0 Å². The van der Waals surface area contributed by atoms with Crippen molar-refractivity contribution in [3.05, 3.63) is 59.7 Å². The smallest absolute Gasteiger partial charge is 0.258 e. The molecular formula is C36H51N5O8S. The van der Waals surface area contributed by atoms with Crippen molar-refractivity contribution in [2.75, 3.05) is 39.5 Å². The van der Waals surface area contributed by atoms with Crippen LogP contribution in [0.25, 0.3) is 0 Å². The highest BCUT2D eigenvalue weighted by atomic mass is 32.2. The van der Waals surface area contributed by atoms with E-state index in [1.807, 2.05) is 44.2 Å². The maximum absolute atomic E-state index is 13.7. The Balaban J connectivity index is 1.59. The summed E-state index contributed by atoms with van der Waals surface area (Å²) < 4.78 is 29.6. The van der Waals surface area contributed by atoms with Crippen LogP contribution in [0.5, 0.6) is 5.75 Å². The average Bonchev–Trinajstić information content (AvgIpc) is 3.07. The minimum absolute atomic E-state index is 0.258. The lowest BCUT2D eigenvalue weighted by Gasteiger charge is -2.42. The third-order valence-corrected chi connectivity index (χ3v) is 10.9. The van der Waals surface area contributed by atoms with Crippen molar-refractivity contribution in [1.82, 2.24) is 25.8 Å². The maximum atomic E-state index is 13.7. The topological polar surface area (TPSA) is 174 Å². The van der Waals surface area contributed by atoms with Crippen molar-refractivity contribution in [2.45, 2.75) is 82.6 Å². The molecule has 274 valence electrons. The van der Waals surface area contributed by atoms with Gasteiger partial charge in [-0.15, -0.1) is 0 Å². The molecule has 4 amide bonds. The Labute approximate surface area is 295 Å². The molecule has 2 aromatic rings. The largest absolute Gasteiger partial charge is 0.484 e. The minimum Gasteiger partial charge on any atom is -0.484 e. The second-order valence-electron chi connectivity index (χ2n) is 14.2. The summed E-state index contributed by atoms with van der Waals surface area (Å²) in [6.45, 7) is 8.67. The van der Waals surface area contributed by atoms with E-state index in [1.54, 1.807) is 18.2 Å². The van der Waals surface area contributed by atoms with Crippen molar-refractivity contribution in [2.24, 2.45) is 11.3 Å². The van der Waals surface area contributed by atoms with E-state index in [1.165, 1.54) is 27.2 Å². The molecule has 2 aliphatic rings. The van der Waals surface area contributed by atoms with Gasteiger partial charge in [-0.25, -0.2) is 8.42 Å². The van der Waals surface area contributed by atoms with Crippen LogP contribution in [0.1, 0.15) is 51.7 Å². The molecule has 0 saturated carbocycles. The first kappa shape index (κ1) is 38.8. The normalized spacial score (nSPS) is 23.9. The highest BCUT2D eigenvalue weighted by Crippen LogP contribution is 2.36. The molecular weight excluding hydrogens is 662 g/mol. The van der Waals surface area contributed by atoms with E-state index < -0.39 is 58.4 Å². The lowest BCUT2D eigenvalue weighted by molar-refractivity contribution is -0.144. The molecule has 2 aliphatic heterocycles. The number of rotatable bonds is 5. The number of fused-ring (bicyclic) bond motifs is 2. The van der Waals surface area contributed by atoms with Gasteiger partial charge in [0.15, 0.2) is 16.4 Å². The Bertz CT molecular complexity index is 1640. The van der Waals surface area contributed by atoms with Gasteiger partial charge in [0.1, 0.15) is 23.9 Å². The molecule has 14 heteroatoms. The number of aliphatic hydroxyl groups excluding tert-OH is 1. The quantitative estimate of drug-likeness (QED) is 0.356. The fourth-order valence-electron chi connectivity index (χ4n) is 6.41. The standard InChI is InChI=1S/C36H51N5O8S/c1-23(2)31-34(45)37-22-36(14-16-41(17-15-36)20-26-10-12-29(13-11-26)50(6,47)48)19-27-8-7-9-28(18-27)49-21-30(43)38-32(25(4)42)35(46)40(5)24(3)33(44)39-31/h7-13,18,23-25,31-32,42H,14-17,19-22H2,1-6H3,(H,37,45)(H,38,43)(H,39,44)/t24-,25+,31+,32-/m0/s1. The highest BCUT2D eigenvalue weighted by Gasteiger charge is 2.38. The van der Waals surface area contributed by atoms with Gasteiger partial charge >= 0.3 is 0 Å². The van der Waals surface area contributed by atoms with Crippen LogP contribution in [0.3, 0.4) is 0 Å². The summed E-state index contributed by atoms with van der Waals surface area (Å²) >= 11 is 0. The van der Waals surface area contributed by atoms with Crippen LogP contribution in [-0.4, -0.2) is 111 Å². The van der Waals surface area contributed by atoms with Crippen LogP contribution in [0.2, 0.25) is 0 Å². The molecule has 13 nitrogen and oxygen atoms in total. The summed E-state index contributed by atoms with van der Waals surface area (Å²) in [4.78, 5) is 57.0. The molecule has 0 aliphatic carbocycles. The van der Waals surface area contributed by atoms with Crippen LogP contribution >= 0.6 is 0 Å². The van der Waals surface area contributed by atoms with Crippen molar-refractivity contribution in [1.29, 1.82) is 0 Å². The SMILES string of the molecule is CC(C)[C@H]1NC(=O)[C@H](C)N(C)C(=O)[C@H]([C@@H](C)O)NC(=O)COc2cccc(c2)CC2(CCN(Cc3ccc(S(C)(=O)=O)cc3)CC2)CNC1=O. The van der Waals surface area contributed by atoms with Crippen LogP contribution in [0, 0.1) is 11.3 Å². The van der Waals surface area contributed by atoms with E-state index >= 15 is 0 Å². The van der Waals surface area contributed by atoms with Gasteiger partial charge < -0.3 is 30.7 Å². The maximum Gasteiger partial charge on any atom is 0.258 e. The minimum atomic E-state index is -3.28. The first-order valence-electron chi connectivity index (χ1n) is 17.0. The zero-order valence-corrected chi connectivity index (χ0v) is 30.6. The second kappa shape index (κ2) is 16.3. The Kier molecular flexibility index (Phi) is 12.7. The molecule has 1 saturated heterocycles. The number of likely N-dealkylation sites (tertiary alicyclic amines) is 1. The van der Waals surface area contributed by atoms with Crippen LogP contribution in [0.15, 0.2) is 53.4 Å². The van der Waals surface area contributed by atoms with Crippen LogP contribution in [0.4, 0.5) is 0 Å². The molecule has 4 atom stereocenters. The molecule has 2 heterocycles. The Morgan fingerprint density at radius 1 is 0.960 bits per heavy atom. The van der Waals surface area contributed by atoms with Crippen molar-refractivity contribution in [3.63, 3.8) is 0 Å². The second-order valence-corrected chi connectivity index (χ2v) is 16.2. The first-order chi connectivity index (χ1) is 23.5. The van der Waals surface area contributed by atoms with E-state index in [4.69, 9.17) is 4.74 Å². The summed E-state index contributed by atoms with van der Waals surface area (Å²) in [7, 11) is -1.87. The number of carbonyl (C=O) groups excluding carboxylic acids is 4. The number of likely N-dealkylation sites (N-methyl/N-ethyl adjacent to an activating group) is 1. The number of hydrogen-bond acceptors (Lipinski definition) is 9. The number of nitrogens with zero attached hydrogens (tertiary/aromatic N) is 2. The van der Waals surface area contributed by atoms with Gasteiger partial charge in [-0.05, 0) is 92.9 Å². The summed E-state index contributed by atoms with van der Waals surface area (Å²) in [5.41, 5.74) is 1.63. The van der Waals surface area contributed by atoms with E-state index in [-0.39, 0.29) is 22.1 Å². The number of hydrogen-bond donors (Lipinski definition) is 4. The van der Waals surface area contributed by atoms with Gasteiger partial charge in [-0.1, -0.05) is 38.1 Å². The number of aliphatic hydroxyl groups is 1. The molecule has 50 heavy (non-hydrogen) atoms. The van der Waals surface area contributed by atoms with E-state index in [0.29, 0.717) is 25.3 Å². The van der Waals surface area contributed by atoms with Crippen LogP contribution in [-0.2, 0) is 42.0 Å². The monoisotopic (exact) mass is 713 g/mol. The molecule has 2 bridgehead atoms. The zero-order valence-electron chi connectivity index (χ0n) is 29.8. The number of carbonyl (C=O) groups is 4. The van der Waals surface area contributed by atoms with Crippen molar-refractivity contribution in [3.8, 4) is 5.75 Å². The van der Waals surface area contributed by atoms with Gasteiger partial charge in [-0.3, -0.25) is 24.1 Å². The van der Waals surface area contributed by atoms with Crippen molar-refractivity contribution < 1.29 is 37.4 Å². The molecule has 1 fully saturated rings. The third-order valence-electron chi connectivity index (χ3n) is 9.78. The molecule has 4 rings (SSSR count). The Morgan fingerprint density at radius 2 is 1.62 bits per heavy atom. The molecule has 2 aromatic carbocycles. The molecule has 0 unspecified atom stereocenters. The molecule has 0 radical (unpaired) electrons. The summed E-state index contributed by atoms with van der Waals surface area (Å²) in [6, 6.07) is 11.2. The first-order valence-corrected chi connectivity index (χ1v) is 18.9. The number of sulfone groups is 1. The third kappa shape index (κ3) is 10.0. The number of benzene rings is 2.